The number of rotatable bonds is 19. The maximum Gasteiger partial charge on any atom is 0.124 e. The molecule has 0 amide bonds. The van der Waals surface area contributed by atoms with Gasteiger partial charge in [-0.1, -0.05) is 82.3 Å². The Balaban J connectivity index is 1.18. The number of fused-ring (bicyclic) bond motifs is 4. The predicted octanol–water partition coefficient (Wildman–Crippen LogP) is 10.0. The van der Waals surface area contributed by atoms with Crippen molar-refractivity contribution < 1.29 is 0 Å². The van der Waals surface area contributed by atoms with Crippen LogP contribution in [-0.2, 0) is 52.4 Å². The molecule has 0 saturated heterocycles. The van der Waals surface area contributed by atoms with Crippen molar-refractivity contribution in [1.82, 2.24) is 43.0 Å². The lowest BCUT2D eigenvalue weighted by Gasteiger charge is -2.28. The molecule has 0 fully saturated rings. The van der Waals surface area contributed by atoms with Gasteiger partial charge in [0, 0.05) is 57.0 Å². The molecule has 4 aromatic heterocycles. The van der Waals surface area contributed by atoms with Crippen molar-refractivity contribution in [2.75, 3.05) is 13.1 Å². The van der Waals surface area contributed by atoms with Crippen LogP contribution in [0.15, 0.2) is 103 Å². The van der Waals surface area contributed by atoms with Crippen LogP contribution in [0, 0.1) is 0 Å². The van der Waals surface area contributed by atoms with Gasteiger partial charge in [0.05, 0.1) is 52.7 Å². The largest absolute Gasteiger partial charge is 0.343 e. The van der Waals surface area contributed by atoms with Gasteiger partial charge in [-0.15, -0.1) is 0 Å². The first-order chi connectivity index (χ1) is 27.6. The summed E-state index contributed by atoms with van der Waals surface area (Å²) < 4.78 is 9.86. The lowest BCUT2D eigenvalue weighted by molar-refractivity contribution is 0.169. The molecule has 290 valence electrons. The van der Waals surface area contributed by atoms with Gasteiger partial charge in [0.25, 0.3) is 0 Å². The van der Waals surface area contributed by atoms with Gasteiger partial charge in [-0.25, -0.2) is 15.0 Å². The lowest BCUT2D eigenvalue weighted by Crippen LogP contribution is -2.36. The summed E-state index contributed by atoms with van der Waals surface area (Å²) in [5.41, 5.74) is 9.51. The van der Waals surface area contributed by atoms with E-state index in [0.717, 1.165) is 125 Å². The number of para-hydroxylation sites is 7. The second-order valence-electron chi connectivity index (χ2n) is 15.3. The molecule has 0 unspecified atom stereocenters. The van der Waals surface area contributed by atoms with Crippen molar-refractivity contribution in [2.24, 2.45) is 0 Å². The topological polar surface area (TPSA) is 64.9 Å². The minimum absolute atomic E-state index is 0.738. The van der Waals surface area contributed by atoms with E-state index in [-0.39, 0.29) is 0 Å². The fourth-order valence-corrected chi connectivity index (χ4v) is 8.58. The SMILES string of the molecule is CCCn1c(CN(CCN(Cc2nc3ccccc3n2CCC)Cc2nc3ccccc3n2CCC)Cc2nc3ccccc3n2CCC)cc2ccccc21. The highest BCUT2D eigenvalue weighted by Crippen LogP contribution is 2.25. The van der Waals surface area contributed by atoms with Crippen LogP contribution in [0.2, 0.25) is 0 Å². The number of benzene rings is 4. The molecule has 4 heterocycles. The monoisotopic (exact) mass is 747 g/mol. The van der Waals surface area contributed by atoms with Gasteiger partial charge in [-0.3, -0.25) is 9.80 Å². The second-order valence-corrected chi connectivity index (χ2v) is 15.3. The molecule has 0 bridgehead atoms. The van der Waals surface area contributed by atoms with Gasteiger partial charge in [-0.2, -0.15) is 0 Å². The van der Waals surface area contributed by atoms with Crippen LogP contribution in [0.5, 0.6) is 0 Å². The van der Waals surface area contributed by atoms with E-state index in [1.807, 2.05) is 0 Å². The van der Waals surface area contributed by atoms with E-state index >= 15 is 0 Å². The van der Waals surface area contributed by atoms with Crippen molar-refractivity contribution in [3.8, 4) is 0 Å². The normalized spacial score (nSPS) is 12.2. The van der Waals surface area contributed by atoms with Crippen LogP contribution in [0.25, 0.3) is 44.0 Å². The number of hydrogen-bond donors (Lipinski definition) is 0. The zero-order valence-electron chi connectivity index (χ0n) is 33.7. The molecule has 0 spiro atoms. The third kappa shape index (κ3) is 7.75. The van der Waals surface area contributed by atoms with Crippen molar-refractivity contribution in [3.63, 3.8) is 0 Å². The Labute approximate surface area is 331 Å². The summed E-state index contributed by atoms with van der Waals surface area (Å²) in [7, 11) is 0. The molecule has 9 heteroatoms. The Morgan fingerprint density at radius 3 is 1.20 bits per heavy atom. The van der Waals surface area contributed by atoms with Crippen LogP contribution in [0.1, 0.15) is 76.5 Å². The molecule has 0 aliphatic heterocycles. The first-order valence-electron chi connectivity index (χ1n) is 20.9. The Kier molecular flexibility index (Phi) is 11.6. The van der Waals surface area contributed by atoms with Gasteiger partial charge in [0.15, 0.2) is 0 Å². The van der Waals surface area contributed by atoms with Crippen LogP contribution in [0.4, 0.5) is 0 Å². The molecule has 0 N–H and O–H groups in total. The van der Waals surface area contributed by atoms with E-state index in [9.17, 15) is 0 Å². The maximum atomic E-state index is 5.26. The first-order valence-corrected chi connectivity index (χ1v) is 20.9. The predicted molar refractivity (Wildman–Crippen MR) is 231 cm³/mol. The van der Waals surface area contributed by atoms with Crippen molar-refractivity contribution in [3.05, 3.63) is 126 Å². The lowest BCUT2D eigenvalue weighted by atomic mass is 10.2. The van der Waals surface area contributed by atoms with Crippen LogP contribution >= 0.6 is 0 Å². The summed E-state index contributed by atoms with van der Waals surface area (Å²) in [5.74, 6) is 3.36. The maximum absolute atomic E-state index is 5.26. The third-order valence-electron chi connectivity index (χ3n) is 11.1. The number of aryl methyl sites for hydroxylation is 4. The van der Waals surface area contributed by atoms with E-state index in [1.54, 1.807) is 0 Å². The molecule has 56 heavy (non-hydrogen) atoms. The zero-order chi connectivity index (χ0) is 38.4. The highest BCUT2D eigenvalue weighted by molar-refractivity contribution is 5.81. The Morgan fingerprint density at radius 1 is 0.411 bits per heavy atom. The zero-order valence-corrected chi connectivity index (χ0v) is 33.7. The Hall–Kier alpha value is -5.25. The molecule has 8 rings (SSSR count). The average Bonchev–Trinajstić information content (AvgIpc) is 3.95. The molecule has 8 aromatic rings. The quantitative estimate of drug-likeness (QED) is 0.0824. The van der Waals surface area contributed by atoms with Gasteiger partial charge < -0.3 is 18.3 Å². The molecular formula is C47H57N9. The molecule has 0 aliphatic carbocycles. The minimum atomic E-state index is 0.738. The molecule has 9 nitrogen and oxygen atoms in total. The fraction of sp³-hybridized carbons (Fsp3) is 0.383. The number of aromatic nitrogens is 7. The van der Waals surface area contributed by atoms with Gasteiger partial charge in [0.1, 0.15) is 17.5 Å². The van der Waals surface area contributed by atoms with Crippen molar-refractivity contribution in [1.29, 1.82) is 0 Å². The van der Waals surface area contributed by atoms with E-state index in [2.05, 4.69) is 159 Å². The van der Waals surface area contributed by atoms with Gasteiger partial charge in [0.2, 0.25) is 0 Å². The minimum Gasteiger partial charge on any atom is -0.343 e. The summed E-state index contributed by atoms with van der Waals surface area (Å²) >= 11 is 0. The number of nitrogens with zero attached hydrogens (tertiary/aromatic N) is 9. The molecular weight excluding hydrogens is 691 g/mol. The molecule has 0 atom stereocenters. The van der Waals surface area contributed by atoms with Gasteiger partial charge in [-0.05, 0) is 79.6 Å². The molecule has 0 radical (unpaired) electrons. The molecule has 0 saturated carbocycles. The standard InChI is InChI=1S/C47H57N9/c1-5-25-53-37(31-36-17-9-13-21-41(36)53)32-51(33-45-48-38-18-10-14-22-42(38)54(45)26-6-2)29-30-52(34-46-49-39-19-11-15-23-43(39)55(46)27-7-3)35-47-50-40-20-12-16-24-44(40)56(47)28-8-4/h9-24,31H,5-8,25-30,32-35H2,1-4H3. The van der Waals surface area contributed by atoms with Crippen LogP contribution in [0.3, 0.4) is 0 Å². The first kappa shape index (κ1) is 37.7. The van der Waals surface area contributed by atoms with E-state index < -0.39 is 0 Å². The number of imidazole rings is 3. The van der Waals surface area contributed by atoms with E-state index in [0.29, 0.717) is 0 Å². The smallest absolute Gasteiger partial charge is 0.124 e. The summed E-state index contributed by atoms with van der Waals surface area (Å²) in [6.07, 6.45) is 4.25. The fourth-order valence-electron chi connectivity index (χ4n) is 8.58. The van der Waals surface area contributed by atoms with E-state index in [1.165, 1.54) is 33.1 Å². The number of hydrogen-bond acceptors (Lipinski definition) is 5. The average molecular weight is 748 g/mol. The third-order valence-corrected chi connectivity index (χ3v) is 11.1. The Bertz CT molecular complexity index is 2180. The highest BCUT2D eigenvalue weighted by Gasteiger charge is 2.22. The van der Waals surface area contributed by atoms with Gasteiger partial charge >= 0.3 is 0 Å². The summed E-state index contributed by atoms with van der Waals surface area (Å²) in [4.78, 5) is 21.0. The van der Waals surface area contributed by atoms with Crippen LogP contribution < -0.4 is 0 Å². The summed E-state index contributed by atoms with van der Waals surface area (Å²) in [5, 5.41) is 1.31. The summed E-state index contributed by atoms with van der Waals surface area (Å²) in [6.45, 7) is 17.7. The van der Waals surface area contributed by atoms with Crippen molar-refractivity contribution >= 4 is 44.0 Å². The van der Waals surface area contributed by atoms with Crippen LogP contribution in [-0.4, -0.2) is 56.1 Å². The molecule has 4 aromatic carbocycles. The Morgan fingerprint density at radius 2 is 0.768 bits per heavy atom. The van der Waals surface area contributed by atoms with Crippen molar-refractivity contribution in [2.45, 2.75) is 106 Å². The highest BCUT2D eigenvalue weighted by atomic mass is 15.3. The summed E-state index contributed by atoms with van der Waals surface area (Å²) in [6, 6.07) is 37.0. The second kappa shape index (κ2) is 17.3. The molecule has 0 aliphatic rings. The van der Waals surface area contributed by atoms with E-state index in [4.69, 9.17) is 15.0 Å².